The van der Waals surface area contributed by atoms with Gasteiger partial charge in [-0.2, -0.15) is 0 Å². The Morgan fingerprint density at radius 1 is 0.692 bits per heavy atom. The lowest BCUT2D eigenvalue weighted by molar-refractivity contribution is -0.141. The predicted octanol–water partition coefficient (Wildman–Crippen LogP) is -0.0644. The fourth-order valence-corrected chi connectivity index (χ4v) is 2.45. The predicted molar refractivity (Wildman–Crippen MR) is 103 cm³/mol. The molecular formula is C18H38N4O4. The summed E-state index contributed by atoms with van der Waals surface area (Å²) < 4.78 is 9.24. The van der Waals surface area contributed by atoms with Crippen LogP contribution in [0.2, 0.25) is 0 Å². The zero-order valence-corrected chi connectivity index (χ0v) is 17.0. The topological polar surface area (TPSA) is 83.1 Å². The van der Waals surface area contributed by atoms with Crippen LogP contribution in [0.5, 0.6) is 0 Å². The molecule has 26 heavy (non-hydrogen) atoms. The van der Waals surface area contributed by atoms with E-state index in [0.29, 0.717) is 25.9 Å². The van der Waals surface area contributed by atoms with E-state index in [1.54, 1.807) is 0 Å². The normalized spacial score (nSPS) is 11.2. The summed E-state index contributed by atoms with van der Waals surface area (Å²) in [7, 11) is 2.82. The molecule has 0 unspecified atom stereocenters. The number of carbonyl (C=O) groups is 2. The van der Waals surface area contributed by atoms with Gasteiger partial charge in [-0.1, -0.05) is 13.8 Å². The van der Waals surface area contributed by atoms with Crippen LogP contribution in [-0.2, 0) is 19.1 Å². The van der Waals surface area contributed by atoms with E-state index in [2.05, 4.69) is 43.8 Å². The van der Waals surface area contributed by atoms with Crippen molar-refractivity contribution in [3.05, 3.63) is 0 Å². The van der Waals surface area contributed by atoms with Gasteiger partial charge in [0.1, 0.15) is 0 Å². The molecule has 0 aromatic heterocycles. The molecule has 8 heteroatoms. The Balaban J connectivity index is 3.79. The summed E-state index contributed by atoms with van der Waals surface area (Å²) in [5.41, 5.74) is 0. The molecule has 0 fully saturated rings. The smallest absolute Gasteiger partial charge is 0.306 e. The molecule has 0 aromatic rings. The van der Waals surface area contributed by atoms with Gasteiger partial charge in [-0.25, -0.2) is 0 Å². The van der Waals surface area contributed by atoms with Crippen LogP contribution >= 0.6 is 0 Å². The standard InChI is InChI=1S/C18H38N4O4/c1-5-21(13-11-19-9-7-17(23)25-3)15-16-22(6-2)14-12-20-10-8-18(24)26-4/h19-20H,5-16H2,1-4H3. The van der Waals surface area contributed by atoms with Crippen LogP contribution in [0.4, 0.5) is 0 Å². The maximum absolute atomic E-state index is 11.0. The molecule has 0 saturated carbocycles. The van der Waals surface area contributed by atoms with E-state index in [0.717, 1.165) is 52.4 Å². The third-order valence-electron chi connectivity index (χ3n) is 4.30. The molecule has 0 amide bonds. The Labute approximate surface area is 158 Å². The van der Waals surface area contributed by atoms with Crippen LogP contribution < -0.4 is 10.6 Å². The number of esters is 2. The molecule has 0 bridgehead atoms. The Morgan fingerprint density at radius 3 is 1.38 bits per heavy atom. The molecule has 0 rings (SSSR count). The van der Waals surface area contributed by atoms with Gasteiger partial charge in [-0.15, -0.1) is 0 Å². The van der Waals surface area contributed by atoms with Gasteiger partial charge in [0.2, 0.25) is 0 Å². The number of likely N-dealkylation sites (N-methyl/N-ethyl adjacent to an activating group) is 2. The molecule has 0 aromatic carbocycles. The largest absolute Gasteiger partial charge is 0.469 e. The van der Waals surface area contributed by atoms with E-state index in [1.807, 2.05) is 0 Å². The number of methoxy groups -OCH3 is 2. The first-order valence-corrected chi connectivity index (χ1v) is 9.57. The second kappa shape index (κ2) is 17.2. The number of carbonyl (C=O) groups excluding carboxylic acids is 2. The zero-order valence-electron chi connectivity index (χ0n) is 17.0. The first-order valence-electron chi connectivity index (χ1n) is 9.57. The number of hydrogen-bond acceptors (Lipinski definition) is 8. The van der Waals surface area contributed by atoms with E-state index >= 15 is 0 Å². The van der Waals surface area contributed by atoms with E-state index in [-0.39, 0.29) is 11.9 Å². The van der Waals surface area contributed by atoms with Crippen LogP contribution in [0, 0.1) is 0 Å². The molecule has 0 saturated heterocycles. The zero-order chi connectivity index (χ0) is 19.6. The highest BCUT2D eigenvalue weighted by Gasteiger charge is 2.07. The fourth-order valence-electron chi connectivity index (χ4n) is 2.45. The molecule has 0 aliphatic heterocycles. The van der Waals surface area contributed by atoms with Gasteiger partial charge in [0.05, 0.1) is 27.1 Å². The van der Waals surface area contributed by atoms with Crippen molar-refractivity contribution >= 4 is 11.9 Å². The molecule has 0 radical (unpaired) electrons. The lowest BCUT2D eigenvalue weighted by atomic mass is 10.3. The lowest BCUT2D eigenvalue weighted by Crippen LogP contribution is -2.40. The Hall–Kier alpha value is -1.22. The molecule has 0 aliphatic carbocycles. The maximum Gasteiger partial charge on any atom is 0.306 e. The van der Waals surface area contributed by atoms with Crippen molar-refractivity contribution in [2.24, 2.45) is 0 Å². The summed E-state index contributed by atoms with van der Waals surface area (Å²) >= 11 is 0. The van der Waals surface area contributed by atoms with Crippen LogP contribution in [0.15, 0.2) is 0 Å². The van der Waals surface area contributed by atoms with Crippen molar-refractivity contribution in [2.75, 3.05) is 79.7 Å². The number of rotatable bonds is 17. The van der Waals surface area contributed by atoms with Crippen LogP contribution in [-0.4, -0.2) is 101 Å². The van der Waals surface area contributed by atoms with Crippen molar-refractivity contribution in [3.8, 4) is 0 Å². The first-order chi connectivity index (χ1) is 12.6. The van der Waals surface area contributed by atoms with Gasteiger partial charge in [0, 0.05) is 52.4 Å². The Bertz CT molecular complexity index is 335. The quantitative estimate of drug-likeness (QED) is 0.271. The van der Waals surface area contributed by atoms with E-state index < -0.39 is 0 Å². The number of nitrogens with one attached hydrogen (secondary N) is 2. The highest BCUT2D eigenvalue weighted by atomic mass is 16.5. The number of hydrogen-bond donors (Lipinski definition) is 2. The average Bonchev–Trinajstić information content (AvgIpc) is 2.67. The average molecular weight is 375 g/mol. The molecule has 0 heterocycles. The Kier molecular flexibility index (Phi) is 16.4. The molecule has 8 nitrogen and oxygen atoms in total. The fraction of sp³-hybridized carbons (Fsp3) is 0.889. The summed E-state index contributed by atoms with van der Waals surface area (Å²) in [4.78, 5) is 26.9. The molecule has 154 valence electrons. The minimum atomic E-state index is -0.177. The molecular weight excluding hydrogens is 336 g/mol. The Morgan fingerprint density at radius 2 is 1.08 bits per heavy atom. The molecule has 2 N–H and O–H groups in total. The highest BCUT2D eigenvalue weighted by molar-refractivity contribution is 5.69. The van der Waals surface area contributed by atoms with Gasteiger partial charge in [-0.3, -0.25) is 9.59 Å². The van der Waals surface area contributed by atoms with Gasteiger partial charge in [-0.05, 0) is 13.1 Å². The van der Waals surface area contributed by atoms with Crippen molar-refractivity contribution in [1.29, 1.82) is 0 Å². The summed E-state index contributed by atoms with van der Waals surface area (Å²) in [5, 5.41) is 6.55. The van der Waals surface area contributed by atoms with Crippen molar-refractivity contribution in [1.82, 2.24) is 20.4 Å². The van der Waals surface area contributed by atoms with Gasteiger partial charge < -0.3 is 29.9 Å². The van der Waals surface area contributed by atoms with Crippen molar-refractivity contribution in [2.45, 2.75) is 26.7 Å². The van der Waals surface area contributed by atoms with Crippen LogP contribution in [0.3, 0.4) is 0 Å². The van der Waals surface area contributed by atoms with Crippen LogP contribution in [0.1, 0.15) is 26.7 Å². The van der Waals surface area contributed by atoms with E-state index in [9.17, 15) is 9.59 Å². The van der Waals surface area contributed by atoms with Crippen LogP contribution in [0.25, 0.3) is 0 Å². The summed E-state index contributed by atoms with van der Waals surface area (Å²) in [6.45, 7) is 13.4. The minimum absolute atomic E-state index is 0.177. The lowest BCUT2D eigenvalue weighted by Gasteiger charge is -2.26. The van der Waals surface area contributed by atoms with E-state index in [4.69, 9.17) is 0 Å². The van der Waals surface area contributed by atoms with E-state index in [1.165, 1.54) is 14.2 Å². The summed E-state index contributed by atoms with van der Waals surface area (Å²) in [6.07, 6.45) is 0.824. The third kappa shape index (κ3) is 14.0. The van der Waals surface area contributed by atoms with Gasteiger partial charge >= 0.3 is 11.9 Å². The van der Waals surface area contributed by atoms with Gasteiger partial charge in [0.25, 0.3) is 0 Å². The maximum atomic E-state index is 11.0. The molecule has 0 aliphatic rings. The number of nitrogens with zero attached hydrogens (tertiary/aromatic N) is 2. The SMILES string of the molecule is CCN(CCNCCC(=O)OC)CCN(CC)CCNCCC(=O)OC. The third-order valence-corrected chi connectivity index (χ3v) is 4.30. The number of ether oxygens (including phenoxy) is 2. The highest BCUT2D eigenvalue weighted by Crippen LogP contribution is 1.92. The molecule has 0 atom stereocenters. The second-order valence-electron chi connectivity index (χ2n) is 6.02. The minimum Gasteiger partial charge on any atom is -0.469 e. The summed E-state index contributed by atoms with van der Waals surface area (Å²) in [6, 6.07) is 0. The van der Waals surface area contributed by atoms with Gasteiger partial charge in [0.15, 0.2) is 0 Å². The van der Waals surface area contributed by atoms with Crippen molar-refractivity contribution in [3.63, 3.8) is 0 Å². The molecule has 0 spiro atoms. The monoisotopic (exact) mass is 374 g/mol. The summed E-state index contributed by atoms with van der Waals surface area (Å²) in [5.74, 6) is -0.354. The second-order valence-corrected chi connectivity index (χ2v) is 6.02. The van der Waals surface area contributed by atoms with Crippen molar-refractivity contribution < 1.29 is 19.1 Å². The first kappa shape index (κ1) is 24.8.